The van der Waals surface area contributed by atoms with Gasteiger partial charge in [-0.25, -0.2) is 9.97 Å². The van der Waals surface area contributed by atoms with E-state index in [1.165, 1.54) is 11.3 Å². The summed E-state index contributed by atoms with van der Waals surface area (Å²) in [5.74, 6) is 0.967. The zero-order valence-corrected chi connectivity index (χ0v) is 10.0. The lowest BCUT2D eigenvalue weighted by atomic mass is 10.3. The fourth-order valence-corrected chi connectivity index (χ4v) is 2.07. The Morgan fingerprint density at radius 3 is 2.86 bits per heavy atom. The summed E-state index contributed by atoms with van der Waals surface area (Å²) in [6, 6.07) is 1.87. The smallest absolute Gasteiger partial charge is 0.163 e. The van der Waals surface area contributed by atoms with Crippen molar-refractivity contribution in [1.82, 2.24) is 9.97 Å². The van der Waals surface area contributed by atoms with Crippen LogP contribution in [0.2, 0.25) is 4.34 Å². The molecule has 2 N–H and O–H groups in total. The van der Waals surface area contributed by atoms with Gasteiger partial charge < -0.3 is 5.73 Å². The maximum absolute atomic E-state index is 5.95. The van der Waals surface area contributed by atoms with Crippen molar-refractivity contribution in [3.63, 3.8) is 0 Å². The van der Waals surface area contributed by atoms with Crippen molar-refractivity contribution < 1.29 is 0 Å². The highest BCUT2D eigenvalue weighted by atomic mass is 79.9. The van der Waals surface area contributed by atoms with E-state index in [4.69, 9.17) is 17.3 Å². The van der Waals surface area contributed by atoms with E-state index < -0.39 is 0 Å². The summed E-state index contributed by atoms with van der Waals surface area (Å²) in [6.45, 7) is 0. The molecule has 2 rings (SSSR count). The third-order valence-electron chi connectivity index (χ3n) is 1.63. The second-order valence-corrected chi connectivity index (χ2v) is 4.91. The number of nitrogens with two attached hydrogens (primary N) is 1. The standard InChI is InChI=1S/C8H5BrClN3S/c9-5-3-12-8(13-7(5)11)4-1-2-14-6(4)10/h1-3H,(H2,11,12,13). The fraction of sp³-hybridized carbons (Fsp3) is 0. The summed E-state index contributed by atoms with van der Waals surface area (Å²) in [5, 5.41) is 1.89. The number of nitrogen functional groups attached to an aromatic ring is 1. The highest BCUT2D eigenvalue weighted by Gasteiger charge is 2.08. The SMILES string of the molecule is Nc1nc(-c2ccsc2Cl)ncc1Br. The van der Waals surface area contributed by atoms with Crippen LogP contribution in [0.4, 0.5) is 5.82 Å². The van der Waals surface area contributed by atoms with Gasteiger partial charge in [-0.3, -0.25) is 0 Å². The van der Waals surface area contributed by atoms with E-state index in [9.17, 15) is 0 Å². The molecular weight excluding hydrogens is 286 g/mol. The first-order valence-electron chi connectivity index (χ1n) is 3.70. The first-order valence-corrected chi connectivity index (χ1v) is 5.75. The number of aromatic nitrogens is 2. The minimum absolute atomic E-state index is 0.414. The molecule has 3 nitrogen and oxygen atoms in total. The molecular formula is C8H5BrClN3S. The molecule has 0 aliphatic heterocycles. The van der Waals surface area contributed by atoms with Crippen LogP contribution in [0.25, 0.3) is 11.4 Å². The lowest BCUT2D eigenvalue weighted by molar-refractivity contribution is 1.17. The molecule has 0 amide bonds. The zero-order chi connectivity index (χ0) is 10.1. The summed E-state index contributed by atoms with van der Waals surface area (Å²) in [7, 11) is 0. The summed E-state index contributed by atoms with van der Waals surface area (Å²) >= 11 is 10.6. The molecule has 0 bridgehead atoms. The van der Waals surface area contributed by atoms with Crippen LogP contribution in [0.15, 0.2) is 22.1 Å². The Morgan fingerprint density at radius 1 is 1.50 bits per heavy atom. The van der Waals surface area contributed by atoms with Gasteiger partial charge in [0.05, 0.1) is 4.47 Å². The maximum atomic E-state index is 5.95. The average Bonchev–Trinajstić information content (AvgIpc) is 2.57. The van der Waals surface area contributed by atoms with Crippen molar-refractivity contribution in [1.29, 1.82) is 0 Å². The highest BCUT2D eigenvalue weighted by molar-refractivity contribution is 9.10. The van der Waals surface area contributed by atoms with Gasteiger partial charge in [-0.2, -0.15) is 0 Å². The number of thiophene rings is 1. The Bertz CT molecular complexity index is 471. The highest BCUT2D eigenvalue weighted by Crippen LogP contribution is 2.31. The number of anilines is 1. The van der Waals surface area contributed by atoms with Crippen LogP contribution >= 0.6 is 38.9 Å². The molecule has 0 unspecified atom stereocenters. The molecule has 6 heteroatoms. The minimum atomic E-state index is 0.414. The van der Waals surface area contributed by atoms with E-state index in [1.807, 2.05) is 11.4 Å². The summed E-state index contributed by atoms with van der Waals surface area (Å²) < 4.78 is 1.36. The summed E-state index contributed by atoms with van der Waals surface area (Å²) in [6.07, 6.45) is 1.62. The normalized spacial score (nSPS) is 10.4. The third kappa shape index (κ3) is 1.75. The van der Waals surface area contributed by atoms with Crippen LogP contribution in [0.1, 0.15) is 0 Å². The van der Waals surface area contributed by atoms with E-state index >= 15 is 0 Å². The largest absolute Gasteiger partial charge is 0.383 e. The number of hydrogen-bond acceptors (Lipinski definition) is 4. The van der Waals surface area contributed by atoms with Gasteiger partial charge in [-0.15, -0.1) is 11.3 Å². The number of hydrogen-bond donors (Lipinski definition) is 1. The second-order valence-electron chi connectivity index (χ2n) is 2.53. The summed E-state index contributed by atoms with van der Waals surface area (Å²) in [5.41, 5.74) is 6.45. The number of nitrogens with zero attached hydrogens (tertiary/aromatic N) is 2. The van der Waals surface area contributed by atoms with Crippen LogP contribution in [-0.2, 0) is 0 Å². The molecule has 0 saturated heterocycles. The Morgan fingerprint density at radius 2 is 2.29 bits per heavy atom. The molecule has 0 spiro atoms. The molecule has 14 heavy (non-hydrogen) atoms. The number of rotatable bonds is 1. The summed E-state index contributed by atoms with van der Waals surface area (Å²) in [4.78, 5) is 8.24. The molecule has 0 aliphatic carbocycles. The third-order valence-corrected chi connectivity index (χ3v) is 3.41. The monoisotopic (exact) mass is 289 g/mol. The van der Waals surface area contributed by atoms with Gasteiger partial charge in [-0.05, 0) is 27.4 Å². The zero-order valence-electron chi connectivity index (χ0n) is 6.87. The van der Waals surface area contributed by atoms with Crippen molar-refractivity contribution in [2.24, 2.45) is 0 Å². The maximum Gasteiger partial charge on any atom is 0.163 e. The molecule has 0 fully saturated rings. The molecule has 0 radical (unpaired) electrons. The average molecular weight is 291 g/mol. The van der Waals surface area contributed by atoms with Gasteiger partial charge in [-0.1, -0.05) is 11.6 Å². The van der Waals surface area contributed by atoms with Crippen LogP contribution in [0.3, 0.4) is 0 Å². The predicted molar refractivity (Wildman–Crippen MR) is 62.5 cm³/mol. The van der Waals surface area contributed by atoms with Gasteiger partial charge in [0.2, 0.25) is 0 Å². The van der Waals surface area contributed by atoms with Crippen LogP contribution in [0.5, 0.6) is 0 Å². The van der Waals surface area contributed by atoms with E-state index in [0.29, 0.717) is 20.5 Å². The molecule has 0 saturated carbocycles. The van der Waals surface area contributed by atoms with Gasteiger partial charge in [0.15, 0.2) is 5.82 Å². The van der Waals surface area contributed by atoms with Crippen molar-refractivity contribution in [3.8, 4) is 11.4 Å². The molecule has 2 aromatic heterocycles. The van der Waals surface area contributed by atoms with Crippen molar-refractivity contribution in [3.05, 3.63) is 26.5 Å². The van der Waals surface area contributed by atoms with Crippen LogP contribution in [-0.4, -0.2) is 9.97 Å². The van der Waals surface area contributed by atoms with Gasteiger partial charge in [0.25, 0.3) is 0 Å². The van der Waals surface area contributed by atoms with Crippen LogP contribution < -0.4 is 5.73 Å². The molecule has 0 aromatic carbocycles. The minimum Gasteiger partial charge on any atom is -0.383 e. The van der Waals surface area contributed by atoms with Crippen molar-refractivity contribution in [2.75, 3.05) is 5.73 Å². The molecule has 72 valence electrons. The van der Waals surface area contributed by atoms with E-state index in [-0.39, 0.29) is 0 Å². The van der Waals surface area contributed by atoms with Crippen molar-refractivity contribution >= 4 is 44.7 Å². The lowest BCUT2D eigenvalue weighted by Crippen LogP contribution is -1.95. The Balaban J connectivity index is 2.53. The predicted octanol–water partition coefficient (Wildman–Crippen LogP) is 3.20. The molecule has 2 heterocycles. The van der Waals surface area contributed by atoms with E-state index in [1.54, 1.807) is 6.20 Å². The Kier molecular flexibility index (Phi) is 2.71. The first kappa shape index (κ1) is 9.89. The Hall–Kier alpha value is -0.650. The molecule has 2 aromatic rings. The fourth-order valence-electron chi connectivity index (χ4n) is 0.963. The Labute approximate surface area is 98.1 Å². The van der Waals surface area contributed by atoms with E-state index in [0.717, 1.165) is 5.56 Å². The van der Waals surface area contributed by atoms with Gasteiger partial charge >= 0.3 is 0 Å². The van der Waals surface area contributed by atoms with Gasteiger partial charge in [0, 0.05) is 11.8 Å². The lowest BCUT2D eigenvalue weighted by Gasteiger charge is -2.00. The van der Waals surface area contributed by atoms with Crippen LogP contribution in [0, 0.1) is 0 Å². The van der Waals surface area contributed by atoms with Crippen molar-refractivity contribution in [2.45, 2.75) is 0 Å². The first-order chi connectivity index (χ1) is 6.68. The van der Waals surface area contributed by atoms with E-state index in [2.05, 4.69) is 25.9 Å². The molecule has 0 atom stereocenters. The molecule has 0 aliphatic rings. The topological polar surface area (TPSA) is 51.8 Å². The quantitative estimate of drug-likeness (QED) is 0.877. The number of halogens is 2. The van der Waals surface area contributed by atoms with Gasteiger partial charge in [0.1, 0.15) is 10.2 Å². The second kappa shape index (κ2) is 3.84.